The summed E-state index contributed by atoms with van der Waals surface area (Å²) in [6.45, 7) is 1.95. The maximum atomic E-state index is 11.2. The van der Waals surface area contributed by atoms with E-state index in [2.05, 4.69) is 15.9 Å². The Morgan fingerprint density at radius 1 is 1.43 bits per heavy atom. The van der Waals surface area contributed by atoms with Gasteiger partial charge in [0, 0.05) is 12.0 Å². The van der Waals surface area contributed by atoms with E-state index < -0.39 is 0 Å². The predicted molar refractivity (Wildman–Crippen MR) is 59.1 cm³/mol. The second-order valence-corrected chi connectivity index (χ2v) is 3.80. The molecule has 0 radical (unpaired) electrons. The molecule has 1 aromatic carbocycles. The molecule has 1 unspecified atom stereocenters. The Hall–Kier alpha value is -0.830. The highest BCUT2D eigenvalue weighted by Gasteiger charge is 2.11. The summed E-state index contributed by atoms with van der Waals surface area (Å²) in [5, 5.41) is -0.331. The monoisotopic (exact) mass is 256 g/mol. The van der Waals surface area contributed by atoms with Crippen LogP contribution in [0.25, 0.3) is 0 Å². The van der Waals surface area contributed by atoms with E-state index in [-0.39, 0.29) is 11.0 Å². The van der Waals surface area contributed by atoms with Gasteiger partial charge in [-0.3, -0.25) is 4.79 Å². The molecule has 1 aromatic rings. The number of benzene rings is 1. The molecule has 0 saturated carbocycles. The molecule has 0 saturated heterocycles. The zero-order valence-corrected chi connectivity index (χ0v) is 9.66. The highest BCUT2D eigenvalue weighted by Crippen LogP contribution is 2.24. The molecule has 0 aliphatic carbocycles. The number of esters is 1. The molecule has 2 nitrogen and oxygen atoms in total. The van der Waals surface area contributed by atoms with Crippen LogP contribution in [0.1, 0.15) is 30.3 Å². The summed E-state index contributed by atoms with van der Waals surface area (Å²) in [5.41, 5.74) is 0.956. The van der Waals surface area contributed by atoms with Gasteiger partial charge in [0.25, 0.3) is 0 Å². The smallest absolute Gasteiger partial charge is 0.307 e. The molecule has 0 aromatic heterocycles. The van der Waals surface area contributed by atoms with Crippen LogP contribution < -0.4 is 0 Å². The minimum absolute atomic E-state index is 0.168. The highest BCUT2D eigenvalue weighted by atomic mass is 79.9. The largest absolute Gasteiger partial charge is 0.446 e. The second-order valence-electron chi connectivity index (χ2n) is 2.97. The first-order chi connectivity index (χ1) is 6.74. The Morgan fingerprint density at radius 3 is 2.64 bits per heavy atom. The van der Waals surface area contributed by atoms with E-state index in [1.165, 1.54) is 0 Å². The van der Waals surface area contributed by atoms with Gasteiger partial charge in [0.1, 0.15) is 0 Å². The minimum Gasteiger partial charge on any atom is -0.446 e. The number of hydrogen-bond acceptors (Lipinski definition) is 2. The molecule has 1 rings (SSSR count). The number of halogens is 1. The fraction of sp³-hybridized carbons (Fsp3) is 0.364. The van der Waals surface area contributed by atoms with Gasteiger partial charge < -0.3 is 4.74 Å². The van der Waals surface area contributed by atoms with Gasteiger partial charge >= 0.3 is 5.97 Å². The summed E-state index contributed by atoms with van der Waals surface area (Å²) >= 11 is 3.31. The maximum Gasteiger partial charge on any atom is 0.307 e. The number of alkyl halides is 1. The quantitative estimate of drug-likeness (QED) is 0.610. The first-order valence-corrected chi connectivity index (χ1v) is 5.54. The SMILES string of the molecule is CCCC(=O)OC(Br)c1ccccc1. The number of hydrogen-bond donors (Lipinski definition) is 0. The lowest BCUT2D eigenvalue weighted by molar-refractivity contribution is -0.145. The van der Waals surface area contributed by atoms with E-state index in [0.717, 1.165) is 12.0 Å². The van der Waals surface area contributed by atoms with Crippen molar-refractivity contribution in [1.82, 2.24) is 0 Å². The summed E-state index contributed by atoms with van der Waals surface area (Å²) in [4.78, 5) is 11.2. The summed E-state index contributed by atoms with van der Waals surface area (Å²) < 4.78 is 5.15. The fourth-order valence-electron chi connectivity index (χ4n) is 1.05. The van der Waals surface area contributed by atoms with Crippen molar-refractivity contribution in [3.63, 3.8) is 0 Å². The standard InChI is InChI=1S/C11H13BrO2/c1-2-6-10(13)14-11(12)9-7-4-3-5-8-9/h3-5,7-8,11H,2,6H2,1H3. The molecule has 0 fully saturated rings. The molecule has 1 atom stereocenters. The molecule has 3 heteroatoms. The Bertz CT molecular complexity index is 285. The zero-order valence-electron chi connectivity index (χ0n) is 8.07. The normalized spacial score (nSPS) is 12.1. The average molecular weight is 257 g/mol. The van der Waals surface area contributed by atoms with Gasteiger partial charge in [0.2, 0.25) is 0 Å². The van der Waals surface area contributed by atoms with Crippen LogP contribution >= 0.6 is 15.9 Å². The summed E-state index contributed by atoms with van der Waals surface area (Å²) in [6.07, 6.45) is 1.28. The van der Waals surface area contributed by atoms with E-state index in [1.807, 2.05) is 37.3 Å². The summed E-state index contributed by atoms with van der Waals surface area (Å²) in [7, 11) is 0. The van der Waals surface area contributed by atoms with Crippen LogP contribution in [0.3, 0.4) is 0 Å². The van der Waals surface area contributed by atoms with Crippen LogP contribution in [-0.2, 0) is 9.53 Å². The molecule has 0 amide bonds. The van der Waals surface area contributed by atoms with Gasteiger partial charge in [-0.25, -0.2) is 0 Å². The lowest BCUT2D eigenvalue weighted by Gasteiger charge is -2.11. The summed E-state index contributed by atoms with van der Waals surface area (Å²) in [5.74, 6) is -0.168. The van der Waals surface area contributed by atoms with E-state index in [4.69, 9.17) is 4.74 Å². The van der Waals surface area contributed by atoms with Crippen molar-refractivity contribution < 1.29 is 9.53 Å². The van der Waals surface area contributed by atoms with Crippen LogP contribution in [0.5, 0.6) is 0 Å². The van der Waals surface area contributed by atoms with Gasteiger partial charge in [0.15, 0.2) is 5.01 Å². The van der Waals surface area contributed by atoms with Gasteiger partial charge in [0.05, 0.1) is 0 Å². The van der Waals surface area contributed by atoms with Gasteiger partial charge in [-0.2, -0.15) is 0 Å². The molecule has 0 spiro atoms. The number of rotatable bonds is 4. The molecule has 0 N–H and O–H groups in total. The molecule has 0 aliphatic heterocycles. The Morgan fingerprint density at radius 2 is 2.07 bits per heavy atom. The zero-order chi connectivity index (χ0) is 10.4. The molecule has 14 heavy (non-hydrogen) atoms. The Labute approximate surface area is 92.4 Å². The Kier molecular flexibility index (Phi) is 4.66. The van der Waals surface area contributed by atoms with Crippen LogP contribution in [0.2, 0.25) is 0 Å². The van der Waals surface area contributed by atoms with Gasteiger partial charge in [-0.05, 0) is 22.4 Å². The van der Waals surface area contributed by atoms with Crippen LogP contribution in [-0.4, -0.2) is 5.97 Å². The Balaban J connectivity index is 2.50. The molecule has 0 heterocycles. The lowest BCUT2D eigenvalue weighted by Crippen LogP contribution is -2.05. The van der Waals surface area contributed by atoms with E-state index in [1.54, 1.807) is 0 Å². The molecule has 76 valence electrons. The van der Waals surface area contributed by atoms with Crippen LogP contribution in [0, 0.1) is 0 Å². The first-order valence-electron chi connectivity index (χ1n) is 4.62. The summed E-state index contributed by atoms with van der Waals surface area (Å²) in [6, 6.07) is 9.59. The molecular formula is C11H13BrO2. The first kappa shape index (κ1) is 11.2. The third-order valence-corrected chi connectivity index (χ3v) is 2.47. The van der Waals surface area contributed by atoms with Crippen molar-refractivity contribution in [3.8, 4) is 0 Å². The molecule has 0 bridgehead atoms. The maximum absolute atomic E-state index is 11.2. The van der Waals surface area contributed by atoms with E-state index in [9.17, 15) is 4.79 Å². The number of carbonyl (C=O) groups is 1. The molecular weight excluding hydrogens is 244 g/mol. The van der Waals surface area contributed by atoms with Crippen molar-refractivity contribution in [2.45, 2.75) is 24.8 Å². The van der Waals surface area contributed by atoms with Crippen molar-refractivity contribution in [3.05, 3.63) is 35.9 Å². The predicted octanol–water partition coefficient (Wildman–Crippen LogP) is 3.42. The number of carbonyl (C=O) groups excluding carboxylic acids is 1. The highest BCUT2D eigenvalue weighted by molar-refractivity contribution is 9.09. The second kappa shape index (κ2) is 5.81. The average Bonchev–Trinajstić information content (AvgIpc) is 2.19. The van der Waals surface area contributed by atoms with E-state index >= 15 is 0 Å². The number of ether oxygens (including phenoxy) is 1. The van der Waals surface area contributed by atoms with Gasteiger partial charge in [-0.1, -0.05) is 37.3 Å². The van der Waals surface area contributed by atoms with Crippen LogP contribution in [0.4, 0.5) is 0 Å². The minimum atomic E-state index is -0.331. The van der Waals surface area contributed by atoms with Crippen molar-refractivity contribution in [1.29, 1.82) is 0 Å². The van der Waals surface area contributed by atoms with Crippen molar-refractivity contribution in [2.75, 3.05) is 0 Å². The van der Waals surface area contributed by atoms with Crippen molar-refractivity contribution >= 4 is 21.9 Å². The van der Waals surface area contributed by atoms with Crippen LogP contribution in [0.15, 0.2) is 30.3 Å². The third kappa shape index (κ3) is 3.50. The molecule has 0 aliphatic rings. The van der Waals surface area contributed by atoms with Gasteiger partial charge in [-0.15, -0.1) is 0 Å². The van der Waals surface area contributed by atoms with E-state index in [0.29, 0.717) is 6.42 Å². The third-order valence-electron chi connectivity index (χ3n) is 1.75. The fourth-order valence-corrected chi connectivity index (χ4v) is 1.56. The van der Waals surface area contributed by atoms with Crippen molar-refractivity contribution in [2.24, 2.45) is 0 Å². The topological polar surface area (TPSA) is 26.3 Å². The lowest BCUT2D eigenvalue weighted by atomic mass is 10.2.